The van der Waals surface area contributed by atoms with Crippen LogP contribution in [0.2, 0.25) is 0 Å². The van der Waals surface area contributed by atoms with Gasteiger partial charge in [0.15, 0.2) is 0 Å². The number of aliphatic hydroxyl groups is 1. The SMILES string of the molecule is C=C(C)c1ccc2ccccc2c1C(C)(C)OC(C)(C)C(O)(C(F)(F)F)C(F)(F)F. The van der Waals surface area contributed by atoms with Gasteiger partial charge in [0, 0.05) is 0 Å². The molecule has 30 heavy (non-hydrogen) atoms. The second kappa shape index (κ2) is 7.27. The average Bonchev–Trinajstić information content (AvgIpc) is 2.56. The van der Waals surface area contributed by atoms with Gasteiger partial charge in [-0.2, -0.15) is 26.3 Å². The summed E-state index contributed by atoms with van der Waals surface area (Å²) in [4.78, 5) is 0. The van der Waals surface area contributed by atoms with Gasteiger partial charge >= 0.3 is 12.4 Å². The maximum atomic E-state index is 13.5. The van der Waals surface area contributed by atoms with Crippen molar-refractivity contribution in [3.05, 3.63) is 54.1 Å². The Morgan fingerprint density at radius 2 is 1.37 bits per heavy atom. The molecule has 0 bridgehead atoms. The molecule has 0 atom stereocenters. The molecule has 0 aromatic heterocycles. The normalized spacial score (nSPS) is 14.3. The number of ether oxygens (including phenoxy) is 1. The summed E-state index contributed by atoms with van der Waals surface area (Å²) in [5.41, 5.74) is -8.32. The zero-order chi connectivity index (χ0) is 23.3. The molecule has 0 aliphatic rings. The van der Waals surface area contributed by atoms with Crippen LogP contribution in [0.25, 0.3) is 16.3 Å². The Kier molecular flexibility index (Phi) is 5.87. The topological polar surface area (TPSA) is 29.5 Å². The number of hydrogen-bond acceptors (Lipinski definition) is 2. The number of benzene rings is 2. The van der Waals surface area contributed by atoms with Gasteiger partial charge in [-0.25, -0.2) is 0 Å². The zero-order valence-electron chi connectivity index (χ0n) is 17.3. The van der Waals surface area contributed by atoms with E-state index in [-0.39, 0.29) is 0 Å². The van der Waals surface area contributed by atoms with Crippen molar-refractivity contribution in [3.63, 3.8) is 0 Å². The third-order valence-electron chi connectivity index (χ3n) is 5.19. The van der Waals surface area contributed by atoms with Crippen molar-refractivity contribution < 1.29 is 36.2 Å². The second-order valence-corrected chi connectivity index (χ2v) is 8.32. The molecule has 8 heteroatoms. The Bertz CT molecular complexity index is 940. The highest BCUT2D eigenvalue weighted by Crippen LogP contribution is 2.53. The van der Waals surface area contributed by atoms with E-state index in [1.165, 1.54) is 13.8 Å². The second-order valence-electron chi connectivity index (χ2n) is 8.32. The van der Waals surface area contributed by atoms with Crippen LogP contribution in [-0.2, 0) is 10.3 Å². The molecule has 0 unspecified atom stereocenters. The number of rotatable bonds is 5. The first-order chi connectivity index (χ1) is 13.4. The summed E-state index contributed by atoms with van der Waals surface area (Å²) in [6, 6.07) is 10.4. The van der Waals surface area contributed by atoms with Crippen molar-refractivity contribution in [2.45, 2.75) is 63.8 Å². The molecule has 0 saturated heterocycles. The molecule has 0 spiro atoms. The van der Waals surface area contributed by atoms with Crippen molar-refractivity contribution >= 4 is 16.3 Å². The van der Waals surface area contributed by atoms with E-state index in [1.807, 2.05) is 0 Å². The van der Waals surface area contributed by atoms with Crippen molar-refractivity contribution in [3.8, 4) is 0 Å². The Balaban J connectivity index is 2.74. The third kappa shape index (κ3) is 3.83. The van der Waals surface area contributed by atoms with Crippen molar-refractivity contribution in [2.24, 2.45) is 0 Å². The predicted octanol–water partition coefficient (Wildman–Crippen LogP) is 6.76. The molecule has 0 aliphatic carbocycles. The molecule has 0 heterocycles. The lowest BCUT2D eigenvalue weighted by Crippen LogP contribution is -2.70. The summed E-state index contributed by atoms with van der Waals surface area (Å²) >= 11 is 0. The minimum Gasteiger partial charge on any atom is -0.371 e. The third-order valence-corrected chi connectivity index (χ3v) is 5.19. The monoisotopic (exact) mass is 434 g/mol. The first kappa shape index (κ1) is 24.2. The Hall–Kier alpha value is -2.06. The smallest absolute Gasteiger partial charge is 0.371 e. The van der Waals surface area contributed by atoms with Gasteiger partial charge in [-0.1, -0.05) is 48.6 Å². The minimum atomic E-state index is -6.01. The van der Waals surface area contributed by atoms with E-state index in [9.17, 15) is 31.4 Å². The summed E-state index contributed by atoms with van der Waals surface area (Å²) in [6.07, 6.45) is -12.0. The van der Waals surface area contributed by atoms with Crippen molar-refractivity contribution in [1.29, 1.82) is 0 Å². The highest BCUT2D eigenvalue weighted by Gasteiger charge is 2.78. The fourth-order valence-electron chi connectivity index (χ4n) is 3.88. The summed E-state index contributed by atoms with van der Waals surface area (Å²) in [6.45, 7) is 9.45. The maximum Gasteiger partial charge on any atom is 0.429 e. The standard InChI is InChI=1S/C22H24F6O2/c1-13(2)15-12-11-14-9-7-8-10-16(14)17(15)18(3,4)30-19(5,6)20(29,21(23,24)25)22(26,27)28/h7-12,29H,1H2,2-6H3. The van der Waals surface area contributed by atoms with Gasteiger partial charge in [0.05, 0.1) is 5.60 Å². The Labute approximate surface area is 171 Å². The molecule has 0 amide bonds. The van der Waals surface area contributed by atoms with Gasteiger partial charge in [0.25, 0.3) is 5.60 Å². The highest BCUT2D eigenvalue weighted by molar-refractivity contribution is 5.91. The number of fused-ring (bicyclic) bond motifs is 1. The first-order valence-corrected chi connectivity index (χ1v) is 9.11. The lowest BCUT2D eigenvalue weighted by atomic mass is 9.81. The van der Waals surface area contributed by atoms with Gasteiger partial charge in [0.1, 0.15) is 5.60 Å². The molecule has 0 radical (unpaired) electrons. The molecule has 2 aromatic carbocycles. The molecule has 1 N–H and O–H groups in total. The van der Waals surface area contributed by atoms with Gasteiger partial charge in [-0.05, 0) is 56.5 Å². The fourth-order valence-corrected chi connectivity index (χ4v) is 3.88. The van der Waals surface area contributed by atoms with Crippen LogP contribution >= 0.6 is 0 Å². The van der Waals surface area contributed by atoms with Gasteiger partial charge in [0.2, 0.25) is 0 Å². The van der Waals surface area contributed by atoms with E-state index in [2.05, 4.69) is 6.58 Å². The molecular formula is C22H24F6O2. The van der Waals surface area contributed by atoms with Crippen LogP contribution in [0.4, 0.5) is 26.3 Å². The molecule has 2 rings (SSSR count). The molecule has 2 nitrogen and oxygen atoms in total. The molecular weight excluding hydrogens is 410 g/mol. The molecule has 2 aromatic rings. The van der Waals surface area contributed by atoms with Crippen LogP contribution < -0.4 is 0 Å². The molecule has 166 valence electrons. The van der Waals surface area contributed by atoms with Crippen LogP contribution in [0.1, 0.15) is 45.7 Å². The molecule has 0 aliphatic heterocycles. The first-order valence-electron chi connectivity index (χ1n) is 9.11. The van der Waals surface area contributed by atoms with Crippen molar-refractivity contribution in [1.82, 2.24) is 0 Å². The Morgan fingerprint density at radius 1 is 0.867 bits per heavy atom. The van der Waals surface area contributed by atoms with E-state index < -0.39 is 29.2 Å². The van der Waals surface area contributed by atoms with Crippen molar-refractivity contribution in [2.75, 3.05) is 0 Å². The highest BCUT2D eigenvalue weighted by atomic mass is 19.4. The predicted molar refractivity (Wildman–Crippen MR) is 104 cm³/mol. The van der Waals surface area contributed by atoms with E-state index in [4.69, 9.17) is 4.74 Å². The largest absolute Gasteiger partial charge is 0.429 e. The van der Waals surface area contributed by atoms with Gasteiger partial charge < -0.3 is 9.84 Å². The average molecular weight is 434 g/mol. The number of alkyl halides is 6. The van der Waals surface area contributed by atoms with Gasteiger partial charge in [-0.3, -0.25) is 0 Å². The lowest BCUT2D eigenvalue weighted by Gasteiger charge is -2.47. The number of allylic oxidation sites excluding steroid dienone is 1. The van der Waals surface area contributed by atoms with E-state index >= 15 is 0 Å². The summed E-state index contributed by atoms with van der Waals surface area (Å²) in [5.74, 6) is 0. The number of halogens is 6. The Morgan fingerprint density at radius 3 is 1.83 bits per heavy atom. The van der Waals surface area contributed by atoms with E-state index in [0.29, 0.717) is 35.9 Å². The van der Waals surface area contributed by atoms with Crippen LogP contribution in [0.15, 0.2) is 43.0 Å². The van der Waals surface area contributed by atoms with Gasteiger partial charge in [-0.15, -0.1) is 0 Å². The molecule has 0 saturated carbocycles. The fraction of sp³-hybridized carbons (Fsp3) is 0.455. The molecule has 0 fully saturated rings. The summed E-state index contributed by atoms with van der Waals surface area (Å²) in [5, 5.41) is 11.3. The van der Waals surface area contributed by atoms with Crippen LogP contribution in [0, 0.1) is 0 Å². The lowest BCUT2D eigenvalue weighted by molar-refractivity contribution is -0.420. The number of hydrogen-bond donors (Lipinski definition) is 1. The van der Waals surface area contributed by atoms with Crippen LogP contribution in [0.3, 0.4) is 0 Å². The van der Waals surface area contributed by atoms with E-state index in [1.54, 1.807) is 43.3 Å². The maximum absolute atomic E-state index is 13.5. The zero-order valence-corrected chi connectivity index (χ0v) is 17.3. The van der Waals surface area contributed by atoms with E-state index in [0.717, 1.165) is 5.39 Å². The van der Waals surface area contributed by atoms with Crippen LogP contribution in [0.5, 0.6) is 0 Å². The summed E-state index contributed by atoms with van der Waals surface area (Å²) in [7, 11) is 0. The quantitative estimate of drug-likeness (QED) is 0.527. The van der Waals surface area contributed by atoms with Crippen LogP contribution in [-0.4, -0.2) is 28.7 Å². The minimum absolute atomic E-state index is 0.382. The summed E-state index contributed by atoms with van der Waals surface area (Å²) < 4.78 is 86.3.